The van der Waals surface area contributed by atoms with Crippen LogP contribution in [-0.4, -0.2) is 50.0 Å². The van der Waals surface area contributed by atoms with E-state index < -0.39 is 27.3 Å². The van der Waals surface area contributed by atoms with E-state index in [4.69, 9.17) is 0 Å². The summed E-state index contributed by atoms with van der Waals surface area (Å²) in [5.74, 6) is -1.52. The number of likely N-dealkylation sites (tertiary alicyclic amines) is 1. The number of nitrogens with zero attached hydrogens (tertiary/aromatic N) is 1. The van der Waals surface area contributed by atoms with Crippen LogP contribution in [0.3, 0.4) is 0 Å². The monoisotopic (exact) mass is 501 g/mol. The average molecular weight is 502 g/mol. The van der Waals surface area contributed by atoms with Gasteiger partial charge in [0.25, 0.3) is 0 Å². The van der Waals surface area contributed by atoms with Crippen molar-refractivity contribution in [2.45, 2.75) is 44.4 Å². The number of hydroxylamine groups is 1. The fourth-order valence-corrected chi connectivity index (χ4v) is 6.19. The lowest BCUT2D eigenvalue weighted by Gasteiger charge is -2.36. The highest BCUT2D eigenvalue weighted by Crippen LogP contribution is 2.46. The standard InChI is InChI=1S/C26H35N3O5S/c1-20(2)19-26(15-18-29(25(26)31)17-14-21-9-5-3-6-10-21)23(24(30)28-32)13-16-27-35(33,34)22-11-7-4-8-12-22/h3-12,20,23,27,32H,13-19H2,1-2H3,(H,28,30). The third-order valence-corrected chi connectivity index (χ3v) is 8.18. The summed E-state index contributed by atoms with van der Waals surface area (Å²) in [7, 11) is -3.76. The zero-order valence-electron chi connectivity index (χ0n) is 20.3. The number of carbonyl (C=O) groups excluding carboxylic acids is 2. The van der Waals surface area contributed by atoms with Crippen LogP contribution < -0.4 is 10.2 Å². The van der Waals surface area contributed by atoms with Gasteiger partial charge >= 0.3 is 0 Å². The quantitative estimate of drug-likeness (QED) is 0.305. The van der Waals surface area contributed by atoms with Crippen LogP contribution in [0.2, 0.25) is 0 Å². The lowest BCUT2D eigenvalue weighted by molar-refractivity contribution is -0.149. The van der Waals surface area contributed by atoms with Gasteiger partial charge in [-0.2, -0.15) is 0 Å². The molecule has 3 N–H and O–H groups in total. The molecule has 0 spiro atoms. The Morgan fingerprint density at radius 1 is 1.09 bits per heavy atom. The summed E-state index contributed by atoms with van der Waals surface area (Å²) in [6.45, 7) is 5.01. The average Bonchev–Trinajstić information content (AvgIpc) is 3.16. The van der Waals surface area contributed by atoms with Crippen LogP contribution in [0.1, 0.15) is 38.7 Å². The summed E-state index contributed by atoms with van der Waals surface area (Å²) in [6.07, 6.45) is 1.74. The van der Waals surface area contributed by atoms with Crippen molar-refractivity contribution in [3.8, 4) is 0 Å². The van der Waals surface area contributed by atoms with E-state index in [0.717, 1.165) is 5.56 Å². The molecule has 1 aliphatic heterocycles. The molecule has 3 rings (SSSR count). The third kappa shape index (κ3) is 6.48. The number of sulfonamides is 1. The summed E-state index contributed by atoms with van der Waals surface area (Å²) in [5, 5.41) is 9.49. The molecule has 2 aromatic rings. The molecule has 8 nitrogen and oxygen atoms in total. The maximum Gasteiger partial charge on any atom is 0.247 e. The summed E-state index contributed by atoms with van der Waals surface area (Å²) in [4.78, 5) is 28.5. The predicted octanol–water partition coefficient (Wildman–Crippen LogP) is 2.98. The van der Waals surface area contributed by atoms with Crippen LogP contribution in [0, 0.1) is 17.3 Å². The molecule has 0 aromatic heterocycles. The number of rotatable bonds is 12. The van der Waals surface area contributed by atoms with E-state index in [2.05, 4.69) is 4.72 Å². The van der Waals surface area contributed by atoms with E-state index in [1.54, 1.807) is 28.6 Å². The minimum absolute atomic E-state index is 0.0353. The lowest BCUT2D eigenvalue weighted by atomic mass is 9.67. The molecular weight excluding hydrogens is 466 g/mol. The Labute approximate surface area is 207 Å². The maximum absolute atomic E-state index is 13.8. The van der Waals surface area contributed by atoms with E-state index in [1.165, 1.54) is 12.1 Å². The number of benzene rings is 2. The van der Waals surface area contributed by atoms with Gasteiger partial charge in [-0.25, -0.2) is 18.6 Å². The highest BCUT2D eigenvalue weighted by atomic mass is 32.2. The van der Waals surface area contributed by atoms with Crippen molar-refractivity contribution in [3.05, 3.63) is 66.2 Å². The van der Waals surface area contributed by atoms with Crippen LogP contribution in [0.5, 0.6) is 0 Å². The Kier molecular flexibility index (Phi) is 9.04. The molecule has 2 aromatic carbocycles. The molecule has 2 amide bonds. The molecule has 0 aliphatic carbocycles. The topological polar surface area (TPSA) is 116 Å². The van der Waals surface area contributed by atoms with Gasteiger partial charge in [-0.3, -0.25) is 14.8 Å². The van der Waals surface area contributed by atoms with Gasteiger partial charge in [-0.1, -0.05) is 62.4 Å². The molecule has 190 valence electrons. The number of hydrogen-bond donors (Lipinski definition) is 3. The highest BCUT2D eigenvalue weighted by molar-refractivity contribution is 7.89. The van der Waals surface area contributed by atoms with Crippen molar-refractivity contribution in [2.24, 2.45) is 17.3 Å². The summed E-state index contributed by atoms with van der Waals surface area (Å²) < 4.78 is 27.8. The van der Waals surface area contributed by atoms with E-state index in [-0.39, 0.29) is 29.7 Å². The summed E-state index contributed by atoms with van der Waals surface area (Å²) in [6, 6.07) is 17.9. The highest BCUT2D eigenvalue weighted by Gasteiger charge is 2.54. The zero-order chi connectivity index (χ0) is 25.5. The molecule has 1 saturated heterocycles. The van der Waals surface area contributed by atoms with Gasteiger partial charge in [0.15, 0.2) is 0 Å². The summed E-state index contributed by atoms with van der Waals surface area (Å²) >= 11 is 0. The van der Waals surface area contributed by atoms with Crippen LogP contribution in [0.15, 0.2) is 65.6 Å². The first-order chi connectivity index (χ1) is 16.7. The number of hydrogen-bond acceptors (Lipinski definition) is 5. The summed E-state index contributed by atoms with van der Waals surface area (Å²) in [5.41, 5.74) is 1.85. The molecular formula is C26H35N3O5S. The van der Waals surface area contributed by atoms with Crippen molar-refractivity contribution >= 4 is 21.8 Å². The smallest absolute Gasteiger partial charge is 0.247 e. The van der Waals surface area contributed by atoms with Crippen molar-refractivity contribution in [3.63, 3.8) is 0 Å². The van der Waals surface area contributed by atoms with Crippen molar-refractivity contribution in [1.82, 2.24) is 15.1 Å². The Morgan fingerprint density at radius 3 is 2.31 bits per heavy atom. The van der Waals surface area contributed by atoms with Gasteiger partial charge in [0.05, 0.1) is 16.2 Å². The largest absolute Gasteiger partial charge is 0.342 e. The van der Waals surface area contributed by atoms with Crippen molar-refractivity contribution in [2.75, 3.05) is 19.6 Å². The molecule has 1 fully saturated rings. The van der Waals surface area contributed by atoms with E-state index in [9.17, 15) is 23.2 Å². The molecule has 1 aliphatic rings. The Bertz CT molecular complexity index is 1090. The Morgan fingerprint density at radius 2 is 1.71 bits per heavy atom. The van der Waals surface area contributed by atoms with Gasteiger partial charge < -0.3 is 4.90 Å². The van der Waals surface area contributed by atoms with Gasteiger partial charge in [-0.15, -0.1) is 0 Å². The van der Waals surface area contributed by atoms with Crippen LogP contribution >= 0.6 is 0 Å². The minimum atomic E-state index is -3.76. The lowest BCUT2D eigenvalue weighted by Crippen LogP contribution is -2.48. The van der Waals surface area contributed by atoms with Crippen molar-refractivity contribution < 1.29 is 23.2 Å². The van der Waals surface area contributed by atoms with Crippen LogP contribution in [0.25, 0.3) is 0 Å². The Balaban J connectivity index is 1.77. The van der Waals surface area contributed by atoms with Gasteiger partial charge in [-0.05, 0) is 49.3 Å². The van der Waals surface area contributed by atoms with Gasteiger partial charge in [0, 0.05) is 19.6 Å². The first-order valence-electron chi connectivity index (χ1n) is 12.0. The van der Waals surface area contributed by atoms with E-state index in [0.29, 0.717) is 32.4 Å². The van der Waals surface area contributed by atoms with Gasteiger partial charge in [0.1, 0.15) is 0 Å². The first-order valence-corrected chi connectivity index (χ1v) is 13.5. The molecule has 0 saturated carbocycles. The molecule has 2 atom stereocenters. The molecule has 2 unspecified atom stereocenters. The number of carbonyl (C=O) groups is 2. The Hall–Kier alpha value is -2.75. The maximum atomic E-state index is 13.8. The number of nitrogens with one attached hydrogen (secondary N) is 2. The SMILES string of the molecule is CC(C)CC1(C(CCNS(=O)(=O)c2ccccc2)C(=O)NO)CCN(CCc2ccccc2)C1=O. The van der Waals surface area contributed by atoms with Gasteiger partial charge in [0.2, 0.25) is 21.8 Å². The second kappa shape index (κ2) is 11.8. The minimum Gasteiger partial charge on any atom is -0.342 e. The predicted molar refractivity (Wildman–Crippen MR) is 133 cm³/mol. The molecule has 0 bridgehead atoms. The van der Waals surface area contributed by atoms with E-state index >= 15 is 0 Å². The zero-order valence-corrected chi connectivity index (χ0v) is 21.1. The van der Waals surface area contributed by atoms with Crippen LogP contribution in [-0.2, 0) is 26.0 Å². The molecule has 0 radical (unpaired) electrons. The second-order valence-corrected chi connectivity index (χ2v) is 11.3. The van der Waals surface area contributed by atoms with Crippen molar-refractivity contribution in [1.29, 1.82) is 0 Å². The van der Waals surface area contributed by atoms with Crippen LogP contribution in [0.4, 0.5) is 0 Å². The third-order valence-electron chi connectivity index (χ3n) is 6.70. The molecule has 1 heterocycles. The molecule has 9 heteroatoms. The van der Waals surface area contributed by atoms with E-state index in [1.807, 2.05) is 44.2 Å². The fourth-order valence-electron chi connectivity index (χ4n) is 5.12. The first kappa shape index (κ1) is 26.8. The second-order valence-electron chi connectivity index (χ2n) is 9.56. The molecule has 35 heavy (non-hydrogen) atoms. The fraction of sp³-hybridized carbons (Fsp3) is 0.462. The number of amides is 2. The normalized spacial score (nSPS) is 19.2.